The molecule has 108 valence electrons. The molecule has 4 N–H and O–H groups in total. The summed E-state index contributed by atoms with van der Waals surface area (Å²) in [6.07, 6.45) is 1.97. The zero-order chi connectivity index (χ0) is 14.4. The number of nitrogens with zero attached hydrogens (tertiary/aromatic N) is 2. The van der Waals surface area contributed by atoms with Gasteiger partial charge in [0.1, 0.15) is 0 Å². The van der Waals surface area contributed by atoms with Crippen LogP contribution in [0, 0.1) is 5.92 Å². The average Bonchev–Trinajstić information content (AvgIpc) is 2.39. The van der Waals surface area contributed by atoms with E-state index in [1.54, 1.807) is 4.90 Å². The second-order valence-electron chi connectivity index (χ2n) is 4.79. The highest BCUT2D eigenvalue weighted by atomic mass is 16.4. The van der Waals surface area contributed by atoms with Gasteiger partial charge < -0.3 is 21.2 Å². The van der Waals surface area contributed by atoms with Crippen LogP contribution < -0.4 is 11.1 Å². The molecule has 0 saturated carbocycles. The van der Waals surface area contributed by atoms with Crippen LogP contribution >= 0.6 is 0 Å². The van der Waals surface area contributed by atoms with Crippen LogP contribution in [0.5, 0.6) is 0 Å². The van der Waals surface area contributed by atoms with Gasteiger partial charge in [-0.25, -0.2) is 0 Å². The summed E-state index contributed by atoms with van der Waals surface area (Å²) >= 11 is 0. The van der Waals surface area contributed by atoms with Crippen molar-refractivity contribution in [3.8, 4) is 0 Å². The summed E-state index contributed by atoms with van der Waals surface area (Å²) in [7, 11) is 0. The Labute approximate surface area is 112 Å². The van der Waals surface area contributed by atoms with Crippen LogP contribution in [0.15, 0.2) is 5.16 Å². The molecule has 0 aromatic heterocycles. The van der Waals surface area contributed by atoms with Crippen molar-refractivity contribution in [3.63, 3.8) is 0 Å². The number of hydrogen-bond donors (Lipinski definition) is 3. The Morgan fingerprint density at radius 3 is 2.47 bits per heavy atom. The lowest BCUT2D eigenvalue weighted by Crippen LogP contribution is -2.49. The summed E-state index contributed by atoms with van der Waals surface area (Å²) in [6.45, 7) is 4.48. The third-order valence-electron chi connectivity index (χ3n) is 3.39. The van der Waals surface area contributed by atoms with E-state index in [0.717, 1.165) is 12.8 Å². The number of likely N-dealkylation sites (tertiary alicyclic amines) is 1. The van der Waals surface area contributed by atoms with Gasteiger partial charge in [-0.1, -0.05) is 12.1 Å². The quantitative estimate of drug-likeness (QED) is 0.286. The molecule has 0 radical (unpaired) electrons. The number of amidine groups is 1. The normalized spacial score (nSPS) is 19.1. The molecule has 0 spiro atoms. The minimum absolute atomic E-state index is 0.0449. The van der Waals surface area contributed by atoms with Gasteiger partial charge in [0.15, 0.2) is 5.84 Å². The Hall–Kier alpha value is -1.79. The maximum atomic E-state index is 12.2. The molecule has 0 bridgehead atoms. The molecular formula is C12H22N4O3. The third-order valence-corrected chi connectivity index (χ3v) is 3.39. The molecule has 0 aliphatic carbocycles. The lowest BCUT2D eigenvalue weighted by molar-refractivity contribution is -0.134. The second kappa shape index (κ2) is 6.96. The molecule has 2 amide bonds. The summed E-state index contributed by atoms with van der Waals surface area (Å²) in [4.78, 5) is 24.9. The van der Waals surface area contributed by atoms with Crippen molar-refractivity contribution in [2.45, 2.75) is 39.2 Å². The Kier molecular flexibility index (Phi) is 5.59. The van der Waals surface area contributed by atoms with Gasteiger partial charge in [0.2, 0.25) is 11.8 Å². The maximum absolute atomic E-state index is 12.2. The van der Waals surface area contributed by atoms with E-state index in [1.807, 2.05) is 6.92 Å². The van der Waals surface area contributed by atoms with E-state index >= 15 is 0 Å². The molecule has 1 rings (SSSR count). The highest BCUT2D eigenvalue weighted by Gasteiger charge is 2.29. The Morgan fingerprint density at radius 2 is 2.05 bits per heavy atom. The van der Waals surface area contributed by atoms with Crippen LogP contribution in [0.25, 0.3) is 0 Å². The number of oxime groups is 1. The zero-order valence-corrected chi connectivity index (χ0v) is 11.4. The average molecular weight is 270 g/mol. The van der Waals surface area contributed by atoms with E-state index in [4.69, 9.17) is 10.9 Å². The fraction of sp³-hybridized carbons (Fsp3) is 0.750. The number of rotatable bonds is 4. The van der Waals surface area contributed by atoms with E-state index in [1.165, 1.54) is 6.92 Å². The van der Waals surface area contributed by atoms with Crippen LogP contribution in [0.3, 0.4) is 0 Å². The van der Waals surface area contributed by atoms with E-state index in [9.17, 15) is 9.59 Å². The molecule has 1 unspecified atom stereocenters. The Bertz CT molecular complexity index is 362. The van der Waals surface area contributed by atoms with Crippen LogP contribution in [0.4, 0.5) is 0 Å². The molecular weight excluding hydrogens is 248 g/mol. The third kappa shape index (κ3) is 4.11. The van der Waals surface area contributed by atoms with Gasteiger partial charge >= 0.3 is 0 Å². The first-order chi connectivity index (χ1) is 8.99. The van der Waals surface area contributed by atoms with Crippen molar-refractivity contribution in [3.05, 3.63) is 0 Å². The minimum atomic E-state index is -0.567. The number of hydrogen-bond acceptors (Lipinski definition) is 4. The predicted molar refractivity (Wildman–Crippen MR) is 70.6 cm³/mol. The maximum Gasteiger partial charge on any atom is 0.233 e. The summed E-state index contributed by atoms with van der Waals surface area (Å²) < 4.78 is 0. The van der Waals surface area contributed by atoms with E-state index < -0.39 is 5.92 Å². The number of piperidine rings is 1. The summed E-state index contributed by atoms with van der Waals surface area (Å²) in [5.41, 5.74) is 5.52. The van der Waals surface area contributed by atoms with E-state index in [0.29, 0.717) is 19.5 Å². The van der Waals surface area contributed by atoms with Gasteiger partial charge in [-0.05, 0) is 19.3 Å². The number of nitrogens with two attached hydrogens (primary N) is 1. The van der Waals surface area contributed by atoms with E-state index in [-0.39, 0.29) is 23.7 Å². The molecule has 0 aromatic carbocycles. The van der Waals surface area contributed by atoms with Crippen molar-refractivity contribution in [1.29, 1.82) is 0 Å². The van der Waals surface area contributed by atoms with Crippen LogP contribution in [-0.4, -0.2) is 46.9 Å². The monoisotopic (exact) mass is 270 g/mol. The molecule has 1 aliphatic heterocycles. The van der Waals surface area contributed by atoms with Gasteiger partial charge in [-0.2, -0.15) is 0 Å². The second-order valence-corrected chi connectivity index (χ2v) is 4.79. The molecule has 1 aliphatic rings. The first-order valence-electron chi connectivity index (χ1n) is 6.52. The highest BCUT2D eigenvalue weighted by molar-refractivity contribution is 6.02. The molecule has 1 atom stereocenters. The fourth-order valence-corrected chi connectivity index (χ4v) is 2.33. The lowest BCUT2D eigenvalue weighted by atomic mass is 9.99. The first kappa shape index (κ1) is 15.3. The smallest absolute Gasteiger partial charge is 0.233 e. The molecule has 1 fully saturated rings. The largest absolute Gasteiger partial charge is 0.409 e. The Morgan fingerprint density at radius 1 is 1.47 bits per heavy atom. The molecule has 1 heterocycles. The van der Waals surface area contributed by atoms with Crippen LogP contribution in [0.2, 0.25) is 0 Å². The molecule has 7 heteroatoms. The fourth-order valence-electron chi connectivity index (χ4n) is 2.33. The predicted octanol–water partition coefficient (Wildman–Crippen LogP) is -0.114. The number of amides is 2. The van der Waals surface area contributed by atoms with Crippen LogP contribution in [0.1, 0.15) is 33.1 Å². The van der Waals surface area contributed by atoms with Crippen molar-refractivity contribution in [2.24, 2.45) is 16.8 Å². The standard InChI is InChI=1S/C12H22N4O3/c1-3-10(11(13)15-19)12(18)16-6-4-9(5-7-16)14-8(2)17/h9-10,19H,3-7H2,1-2H3,(H2,13,15)(H,14,17). The van der Waals surface area contributed by atoms with Gasteiger partial charge in [0.05, 0.1) is 5.92 Å². The number of carbonyl (C=O) groups is 2. The minimum Gasteiger partial charge on any atom is -0.409 e. The summed E-state index contributed by atoms with van der Waals surface area (Å²) in [6, 6.07) is 0.130. The molecule has 19 heavy (non-hydrogen) atoms. The van der Waals surface area contributed by atoms with Crippen molar-refractivity contribution >= 4 is 17.6 Å². The zero-order valence-electron chi connectivity index (χ0n) is 11.4. The number of carbonyl (C=O) groups excluding carboxylic acids is 2. The van der Waals surface area contributed by atoms with Gasteiger partial charge in [0.25, 0.3) is 0 Å². The number of nitrogens with one attached hydrogen (secondary N) is 1. The van der Waals surface area contributed by atoms with Gasteiger partial charge in [-0.15, -0.1) is 0 Å². The first-order valence-corrected chi connectivity index (χ1v) is 6.52. The van der Waals surface area contributed by atoms with Crippen molar-refractivity contribution in [1.82, 2.24) is 10.2 Å². The topological polar surface area (TPSA) is 108 Å². The van der Waals surface area contributed by atoms with Crippen molar-refractivity contribution in [2.75, 3.05) is 13.1 Å². The molecule has 7 nitrogen and oxygen atoms in total. The Balaban J connectivity index is 2.54. The summed E-state index contributed by atoms with van der Waals surface area (Å²) in [5.74, 6) is -0.772. The van der Waals surface area contributed by atoms with Gasteiger partial charge in [0, 0.05) is 26.1 Å². The van der Waals surface area contributed by atoms with Crippen LogP contribution in [-0.2, 0) is 9.59 Å². The lowest BCUT2D eigenvalue weighted by Gasteiger charge is -2.34. The highest BCUT2D eigenvalue weighted by Crippen LogP contribution is 2.15. The van der Waals surface area contributed by atoms with Crippen molar-refractivity contribution < 1.29 is 14.8 Å². The SMILES string of the molecule is CCC(C(=O)N1CCC(NC(C)=O)CC1)C(N)=NO. The van der Waals surface area contributed by atoms with Gasteiger partial charge in [-0.3, -0.25) is 9.59 Å². The molecule has 1 saturated heterocycles. The van der Waals surface area contributed by atoms with E-state index in [2.05, 4.69) is 10.5 Å². The summed E-state index contributed by atoms with van der Waals surface area (Å²) in [5, 5.41) is 14.4. The molecule has 0 aromatic rings.